The number of piperidine rings is 1. The van der Waals surface area contributed by atoms with Crippen LogP contribution in [0.25, 0.3) is 0 Å². The third-order valence-corrected chi connectivity index (χ3v) is 4.81. The molecule has 2 aromatic heterocycles. The molecule has 24 heavy (non-hydrogen) atoms. The van der Waals surface area contributed by atoms with Crippen LogP contribution in [0, 0.1) is 12.8 Å². The van der Waals surface area contributed by atoms with Crippen molar-refractivity contribution in [1.29, 1.82) is 0 Å². The molecule has 1 saturated heterocycles. The molecule has 0 aliphatic carbocycles. The maximum Gasteiger partial charge on any atom is 0.225 e. The van der Waals surface area contributed by atoms with E-state index in [1.165, 1.54) is 11.3 Å². The van der Waals surface area contributed by atoms with Crippen LogP contribution in [-0.4, -0.2) is 32.3 Å². The second-order valence-corrected chi connectivity index (χ2v) is 7.31. The summed E-state index contributed by atoms with van der Waals surface area (Å²) in [6.07, 6.45) is 4.81. The molecule has 1 aliphatic rings. The molecule has 7 heteroatoms. The number of nitrogens with zero attached hydrogens (tertiary/aromatic N) is 4. The Balaban J connectivity index is 1.88. The lowest BCUT2D eigenvalue weighted by Gasteiger charge is -2.36. The van der Waals surface area contributed by atoms with Gasteiger partial charge in [-0.25, -0.2) is 15.0 Å². The SMILES string of the molecule is Cc1cc(Nc2nccs2)nc(C2CCCCN2C(=O)C(C)C)n1. The molecular weight excluding hydrogens is 322 g/mol. The Morgan fingerprint density at radius 2 is 2.21 bits per heavy atom. The first-order valence-electron chi connectivity index (χ1n) is 8.37. The summed E-state index contributed by atoms with van der Waals surface area (Å²) in [5, 5.41) is 5.95. The summed E-state index contributed by atoms with van der Waals surface area (Å²) in [6.45, 7) is 6.63. The molecule has 1 atom stereocenters. The minimum absolute atomic E-state index is 0.0108. The van der Waals surface area contributed by atoms with Crippen molar-refractivity contribution in [3.8, 4) is 0 Å². The van der Waals surface area contributed by atoms with Gasteiger partial charge in [0.2, 0.25) is 5.91 Å². The topological polar surface area (TPSA) is 71.0 Å². The summed E-state index contributed by atoms with van der Waals surface area (Å²) in [5.74, 6) is 1.63. The molecule has 2 aromatic rings. The van der Waals surface area contributed by atoms with Gasteiger partial charge in [0.05, 0.1) is 6.04 Å². The quantitative estimate of drug-likeness (QED) is 0.915. The van der Waals surface area contributed by atoms with E-state index in [1.54, 1.807) is 6.20 Å². The predicted octanol–water partition coefficient (Wildman–Crippen LogP) is 3.69. The number of carbonyl (C=O) groups is 1. The Morgan fingerprint density at radius 3 is 2.92 bits per heavy atom. The van der Waals surface area contributed by atoms with Crippen molar-refractivity contribution in [3.05, 3.63) is 29.2 Å². The van der Waals surface area contributed by atoms with Gasteiger partial charge in [0.1, 0.15) is 5.82 Å². The number of hydrogen-bond donors (Lipinski definition) is 1. The average molecular weight is 345 g/mol. The van der Waals surface area contributed by atoms with Gasteiger partial charge in [-0.15, -0.1) is 11.3 Å². The summed E-state index contributed by atoms with van der Waals surface area (Å²) < 4.78 is 0. The first-order valence-corrected chi connectivity index (χ1v) is 9.25. The molecule has 0 saturated carbocycles. The van der Waals surface area contributed by atoms with Crippen molar-refractivity contribution in [3.63, 3.8) is 0 Å². The van der Waals surface area contributed by atoms with E-state index in [4.69, 9.17) is 0 Å². The van der Waals surface area contributed by atoms with Crippen LogP contribution < -0.4 is 5.32 Å². The Kier molecular flexibility index (Phi) is 5.08. The zero-order chi connectivity index (χ0) is 17.1. The molecule has 3 heterocycles. The minimum atomic E-state index is -0.0367. The van der Waals surface area contributed by atoms with Crippen molar-refractivity contribution < 1.29 is 4.79 Å². The standard InChI is InChI=1S/C17H23N5OS/c1-11(2)16(23)22-8-5-4-6-13(22)15-19-12(3)10-14(20-15)21-17-18-7-9-24-17/h7,9-11,13H,4-6,8H2,1-3H3,(H,18,19,20,21). The van der Waals surface area contributed by atoms with Gasteiger partial charge in [-0.1, -0.05) is 13.8 Å². The summed E-state index contributed by atoms with van der Waals surface area (Å²) in [5.41, 5.74) is 0.890. The van der Waals surface area contributed by atoms with Crippen LogP contribution in [-0.2, 0) is 4.79 Å². The predicted molar refractivity (Wildman–Crippen MR) is 95.3 cm³/mol. The number of thiazole rings is 1. The first kappa shape index (κ1) is 16.8. The highest BCUT2D eigenvalue weighted by Gasteiger charge is 2.31. The Bertz CT molecular complexity index is 701. The number of anilines is 2. The van der Waals surface area contributed by atoms with Crippen LogP contribution >= 0.6 is 11.3 Å². The van der Waals surface area contributed by atoms with E-state index in [-0.39, 0.29) is 17.9 Å². The van der Waals surface area contributed by atoms with E-state index in [2.05, 4.69) is 20.3 Å². The van der Waals surface area contributed by atoms with Crippen molar-refractivity contribution in [2.75, 3.05) is 11.9 Å². The second-order valence-electron chi connectivity index (χ2n) is 6.41. The Morgan fingerprint density at radius 1 is 1.38 bits per heavy atom. The molecule has 0 bridgehead atoms. The second kappa shape index (κ2) is 7.25. The van der Waals surface area contributed by atoms with Gasteiger partial charge < -0.3 is 10.2 Å². The highest BCUT2D eigenvalue weighted by atomic mass is 32.1. The van der Waals surface area contributed by atoms with Crippen LogP contribution in [0.2, 0.25) is 0 Å². The maximum absolute atomic E-state index is 12.6. The molecule has 1 fully saturated rings. The van der Waals surface area contributed by atoms with Gasteiger partial charge in [-0.2, -0.15) is 0 Å². The highest BCUT2D eigenvalue weighted by Crippen LogP contribution is 2.31. The number of carbonyl (C=O) groups excluding carboxylic acids is 1. The zero-order valence-corrected chi connectivity index (χ0v) is 15.1. The van der Waals surface area contributed by atoms with E-state index >= 15 is 0 Å². The first-order chi connectivity index (χ1) is 11.5. The van der Waals surface area contributed by atoms with Gasteiger partial charge >= 0.3 is 0 Å². The highest BCUT2D eigenvalue weighted by molar-refractivity contribution is 7.13. The smallest absolute Gasteiger partial charge is 0.225 e. The largest absolute Gasteiger partial charge is 0.332 e. The molecule has 0 radical (unpaired) electrons. The van der Waals surface area contributed by atoms with E-state index in [0.29, 0.717) is 0 Å². The molecule has 0 aromatic carbocycles. The van der Waals surface area contributed by atoms with Gasteiger partial charge in [0, 0.05) is 35.8 Å². The van der Waals surface area contributed by atoms with E-state index < -0.39 is 0 Å². The van der Waals surface area contributed by atoms with Crippen LogP contribution in [0.1, 0.15) is 50.7 Å². The fraction of sp³-hybridized carbons (Fsp3) is 0.529. The number of hydrogen-bond acceptors (Lipinski definition) is 6. The van der Waals surface area contributed by atoms with Crippen molar-refractivity contribution in [1.82, 2.24) is 19.9 Å². The Labute approximate surface area is 146 Å². The summed E-state index contributed by atoms with van der Waals surface area (Å²) in [7, 11) is 0. The number of likely N-dealkylation sites (tertiary alicyclic amines) is 1. The van der Waals surface area contributed by atoms with Crippen LogP contribution in [0.3, 0.4) is 0 Å². The van der Waals surface area contributed by atoms with Crippen LogP contribution in [0.5, 0.6) is 0 Å². The van der Waals surface area contributed by atoms with E-state index in [1.807, 2.05) is 37.1 Å². The third-order valence-electron chi connectivity index (χ3n) is 4.12. The molecule has 6 nitrogen and oxygen atoms in total. The summed E-state index contributed by atoms with van der Waals surface area (Å²) in [4.78, 5) is 28.0. The normalized spacial score (nSPS) is 18.0. The van der Waals surface area contributed by atoms with Gasteiger partial charge in [-0.05, 0) is 26.2 Å². The fourth-order valence-electron chi connectivity index (χ4n) is 2.99. The van der Waals surface area contributed by atoms with Gasteiger partial charge in [-0.3, -0.25) is 4.79 Å². The van der Waals surface area contributed by atoms with Crippen LogP contribution in [0.15, 0.2) is 17.6 Å². The third kappa shape index (κ3) is 3.72. The molecule has 1 unspecified atom stereocenters. The molecule has 1 N–H and O–H groups in total. The average Bonchev–Trinajstić information content (AvgIpc) is 3.06. The summed E-state index contributed by atoms with van der Waals surface area (Å²) >= 11 is 1.53. The molecule has 0 spiro atoms. The van der Waals surface area contributed by atoms with Crippen molar-refractivity contribution in [2.45, 2.75) is 46.1 Å². The van der Waals surface area contributed by atoms with Crippen molar-refractivity contribution >= 4 is 28.2 Å². The number of aryl methyl sites for hydroxylation is 1. The number of rotatable bonds is 4. The zero-order valence-electron chi connectivity index (χ0n) is 14.3. The fourth-order valence-corrected chi connectivity index (χ4v) is 3.53. The number of nitrogens with one attached hydrogen (secondary N) is 1. The Hall–Kier alpha value is -2.02. The summed E-state index contributed by atoms with van der Waals surface area (Å²) in [6, 6.07) is 1.87. The number of amides is 1. The molecular formula is C17H23N5OS. The maximum atomic E-state index is 12.6. The van der Waals surface area contributed by atoms with E-state index in [0.717, 1.165) is 48.3 Å². The van der Waals surface area contributed by atoms with Crippen LogP contribution in [0.4, 0.5) is 10.9 Å². The molecule has 3 rings (SSSR count). The monoisotopic (exact) mass is 345 g/mol. The molecule has 1 amide bonds. The minimum Gasteiger partial charge on any atom is -0.332 e. The van der Waals surface area contributed by atoms with Gasteiger partial charge in [0.25, 0.3) is 0 Å². The lowest BCUT2D eigenvalue weighted by molar-refractivity contribution is -0.138. The van der Waals surface area contributed by atoms with Gasteiger partial charge in [0.15, 0.2) is 11.0 Å². The lowest BCUT2D eigenvalue weighted by Crippen LogP contribution is -2.41. The lowest BCUT2D eigenvalue weighted by atomic mass is 9.99. The number of aromatic nitrogens is 3. The van der Waals surface area contributed by atoms with E-state index in [9.17, 15) is 4.79 Å². The molecule has 128 valence electrons. The molecule has 1 aliphatic heterocycles. The van der Waals surface area contributed by atoms with Crippen molar-refractivity contribution in [2.24, 2.45) is 5.92 Å².